The largest absolute Gasteiger partial charge is 0.481 e. The number of carboxylic acids is 1. The van der Waals surface area contributed by atoms with Crippen molar-refractivity contribution in [2.75, 3.05) is 45.1 Å². The molecule has 6 rings (SSSR count). The van der Waals surface area contributed by atoms with Gasteiger partial charge in [0.1, 0.15) is 0 Å². The fraction of sp³-hybridized carbons (Fsp3) is 0.458. The molecule has 33 heavy (non-hydrogen) atoms. The van der Waals surface area contributed by atoms with E-state index in [2.05, 4.69) is 44.1 Å². The van der Waals surface area contributed by atoms with Crippen LogP contribution in [0.4, 0.5) is 5.95 Å². The molecule has 0 radical (unpaired) electrons. The molecule has 1 saturated carbocycles. The summed E-state index contributed by atoms with van der Waals surface area (Å²) in [6.07, 6.45) is 1.80. The molecular weight excluding hydrogens is 420 g/mol. The van der Waals surface area contributed by atoms with E-state index in [0.29, 0.717) is 12.0 Å². The third kappa shape index (κ3) is 5.16. The average molecular weight is 451 g/mol. The third-order valence-electron chi connectivity index (χ3n) is 6.46. The van der Waals surface area contributed by atoms with Crippen molar-refractivity contribution < 1.29 is 14.6 Å². The topological polar surface area (TPSA) is 109 Å². The first-order valence-corrected chi connectivity index (χ1v) is 11.5. The van der Waals surface area contributed by atoms with Gasteiger partial charge in [-0.15, -0.1) is 5.10 Å². The van der Waals surface area contributed by atoms with Gasteiger partial charge in [0.05, 0.1) is 24.8 Å². The summed E-state index contributed by atoms with van der Waals surface area (Å²) in [6, 6.07) is 15.4. The Morgan fingerprint density at radius 3 is 2.45 bits per heavy atom. The number of carboxylic acid groups (broad SMARTS) is 1. The number of carbonyl (C=O) groups is 1. The summed E-state index contributed by atoms with van der Waals surface area (Å²) in [5.41, 5.74) is 9.96. The highest BCUT2D eigenvalue weighted by Crippen LogP contribution is 2.28. The van der Waals surface area contributed by atoms with Crippen molar-refractivity contribution in [3.63, 3.8) is 0 Å². The minimum absolute atomic E-state index is 0.0185. The van der Waals surface area contributed by atoms with E-state index in [9.17, 15) is 4.79 Å². The van der Waals surface area contributed by atoms with Gasteiger partial charge in [0.15, 0.2) is 5.65 Å². The van der Waals surface area contributed by atoms with Gasteiger partial charge in [-0.3, -0.25) is 14.6 Å². The highest BCUT2D eigenvalue weighted by molar-refractivity contribution is 5.72. The molecule has 0 unspecified atom stereocenters. The number of nitrogens with zero attached hydrogens (tertiary/aromatic N) is 5. The molecule has 4 heterocycles. The standard InChI is InChI=1S/C20H24N6O.C4H6O2/c21-20-22-19-3-1-2-18(26(19)23-20)16-6-4-15(5-7-16)12-24-13-17(14-24)25-8-10-27-11-9-25;5-4(6)3-1-2-3/h1-7,17H,8-14H2,(H2,21,23);3H,1-2H2,(H,5,6). The van der Waals surface area contributed by atoms with Crippen LogP contribution in [0.15, 0.2) is 42.5 Å². The maximum absolute atomic E-state index is 9.76. The van der Waals surface area contributed by atoms with Gasteiger partial charge in [-0.1, -0.05) is 30.3 Å². The van der Waals surface area contributed by atoms with Gasteiger partial charge in [0, 0.05) is 44.3 Å². The fourth-order valence-electron chi connectivity index (χ4n) is 4.36. The Labute approximate surface area is 192 Å². The lowest BCUT2D eigenvalue weighted by molar-refractivity contribution is -0.138. The quantitative estimate of drug-likeness (QED) is 0.607. The molecule has 0 atom stereocenters. The highest BCUT2D eigenvalue weighted by Gasteiger charge is 2.32. The van der Waals surface area contributed by atoms with Crippen molar-refractivity contribution in [3.8, 4) is 11.3 Å². The number of morpholine rings is 1. The number of benzene rings is 1. The number of ether oxygens (including phenoxy) is 1. The molecule has 3 aliphatic rings. The van der Waals surface area contributed by atoms with Crippen LogP contribution in [0, 0.1) is 5.92 Å². The number of fused-ring (bicyclic) bond motifs is 1. The molecule has 2 saturated heterocycles. The van der Waals surface area contributed by atoms with Crippen molar-refractivity contribution in [2.45, 2.75) is 25.4 Å². The van der Waals surface area contributed by atoms with Crippen LogP contribution in [0.2, 0.25) is 0 Å². The molecular formula is C24H30N6O3. The van der Waals surface area contributed by atoms with E-state index in [1.165, 1.54) is 5.56 Å². The second-order valence-electron chi connectivity index (χ2n) is 8.96. The van der Waals surface area contributed by atoms with Crippen LogP contribution in [-0.2, 0) is 16.1 Å². The average Bonchev–Trinajstić information content (AvgIpc) is 3.58. The SMILES string of the molecule is Nc1nc2cccc(-c3ccc(CN4CC(N5CCOCC5)C4)cc3)n2n1.O=C(O)C1CC1. The Morgan fingerprint density at radius 1 is 1.09 bits per heavy atom. The van der Waals surface area contributed by atoms with E-state index in [1.54, 1.807) is 4.52 Å². The van der Waals surface area contributed by atoms with E-state index < -0.39 is 5.97 Å². The van der Waals surface area contributed by atoms with Gasteiger partial charge in [-0.2, -0.15) is 4.98 Å². The van der Waals surface area contributed by atoms with Crippen LogP contribution in [-0.4, -0.2) is 80.9 Å². The molecule has 174 valence electrons. The summed E-state index contributed by atoms with van der Waals surface area (Å²) < 4.78 is 7.24. The lowest BCUT2D eigenvalue weighted by Crippen LogP contribution is -2.60. The van der Waals surface area contributed by atoms with Crippen LogP contribution < -0.4 is 5.73 Å². The summed E-state index contributed by atoms with van der Waals surface area (Å²) in [6.45, 7) is 7.21. The third-order valence-corrected chi connectivity index (χ3v) is 6.46. The second kappa shape index (κ2) is 9.46. The first kappa shape index (κ1) is 21.8. The summed E-state index contributed by atoms with van der Waals surface area (Å²) in [5, 5.41) is 12.4. The molecule has 2 aromatic heterocycles. The number of rotatable bonds is 5. The molecule has 9 nitrogen and oxygen atoms in total. The van der Waals surface area contributed by atoms with Crippen molar-refractivity contribution in [1.29, 1.82) is 0 Å². The number of pyridine rings is 1. The first-order valence-electron chi connectivity index (χ1n) is 11.5. The lowest BCUT2D eigenvalue weighted by Gasteiger charge is -2.46. The second-order valence-corrected chi connectivity index (χ2v) is 8.96. The summed E-state index contributed by atoms with van der Waals surface area (Å²) in [5.74, 6) is -0.313. The number of aliphatic carboxylic acids is 1. The molecule has 3 aromatic rings. The maximum atomic E-state index is 9.76. The smallest absolute Gasteiger partial charge is 0.306 e. The molecule has 1 aromatic carbocycles. The van der Waals surface area contributed by atoms with E-state index in [-0.39, 0.29) is 5.92 Å². The molecule has 3 N–H and O–H groups in total. The molecule has 1 aliphatic carbocycles. The number of anilines is 1. The maximum Gasteiger partial charge on any atom is 0.306 e. The molecule has 0 spiro atoms. The molecule has 2 aliphatic heterocycles. The number of nitrogen functional groups attached to an aromatic ring is 1. The van der Waals surface area contributed by atoms with E-state index in [4.69, 9.17) is 15.6 Å². The molecule has 3 fully saturated rings. The predicted molar refractivity (Wildman–Crippen MR) is 125 cm³/mol. The van der Waals surface area contributed by atoms with Crippen LogP contribution >= 0.6 is 0 Å². The number of hydrogen-bond donors (Lipinski definition) is 2. The van der Waals surface area contributed by atoms with Gasteiger partial charge in [0.2, 0.25) is 5.95 Å². The number of nitrogens with two attached hydrogens (primary N) is 1. The highest BCUT2D eigenvalue weighted by atomic mass is 16.5. The molecule has 9 heteroatoms. The Bertz CT molecular complexity index is 1100. The zero-order valence-corrected chi connectivity index (χ0v) is 18.6. The number of aromatic nitrogens is 3. The van der Waals surface area contributed by atoms with Crippen LogP contribution in [0.5, 0.6) is 0 Å². The zero-order chi connectivity index (χ0) is 22.8. The van der Waals surface area contributed by atoms with Crippen molar-refractivity contribution in [3.05, 3.63) is 48.0 Å². The van der Waals surface area contributed by atoms with Gasteiger partial charge in [-0.05, 0) is 30.5 Å². The van der Waals surface area contributed by atoms with Crippen LogP contribution in [0.1, 0.15) is 18.4 Å². The summed E-state index contributed by atoms with van der Waals surface area (Å²) >= 11 is 0. The van der Waals surface area contributed by atoms with E-state index in [1.807, 2.05) is 18.2 Å². The fourth-order valence-corrected chi connectivity index (χ4v) is 4.36. The summed E-state index contributed by atoms with van der Waals surface area (Å²) in [7, 11) is 0. The summed E-state index contributed by atoms with van der Waals surface area (Å²) in [4.78, 5) is 19.1. The van der Waals surface area contributed by atoms with Crippen LogP contribution in [0.25, 0.3) is 16.9 Å². The Morgan fingerprint density at radius 2 is 1.82 bits per heavy atom. The van der Waals surface area contributed by atoms with E-state index in [0.717, 1.165) is 75.7 Å². The van der Waals surface area contributed by atoms with Gasteiger partial charge in [-0.25, -0.2) is 4.52 Å². The van der Waals surface area contributed by atoms with Crippen molar-refractivity contribution in [1.82, 2.24) is 24.4 Å². The minimum Gasteiger partial charge on any atom is -0.481 e. The van der Waals surface area contributed by atoms with Crippen LogP contribution in [0.3, 0.4) is 0 Å². The van der Waals surface area contributed by atoms with Gasteiger partial charge < -0.3 is 15.6 Å². The minimum atomic E-state index is -0.630. The number of likely N-dealkylation sites (tertiary alicyclic amines) is 1. The first-order chi connectivity index (χ1) is 16.1. The number of hydrogen-bond acceptors (Lipinski definition) is 7. The van der Waals surface area contributed by atoms with Gasteiger partial charge >= 0.3 is 5.97 Å². The molecule has 0 bridgehead atoms. The lowest BCUT2D eigenvalue weighted by atomic mass is 10.0. The Balaban J connectivity index is 0.000000332. The normalized spacial score (nSPS) is 19.6. The predicted octanol–water partition coefficient (Wildman–Crippen LogP) is 1.98. The van der Waals surface area contributed by atoms with E-state index >= 15 is 0 Å². The Kier molecular flexibility index (Phi) is 6.26. The molecule has 0 amide bonds. The van der Waals surface area contributed by atoms with Crippen molar-refractivity contribution >= 4 is 17.6 Å². The Hall–Kier alpha value is -3.01. The zero-order valence-electron chi connectivity index (χ0n) is 18.6. The monoisotopic (exact) mass is 450 g/mol. The van der Waals surface area contributed by atoms with Gasteiger partial charge in [0.25, 0.3) is 0 Å². The van der Waals surface area contributed by atoms with Crippen molar-refractivity contribution in [2.24, 2.45) is 5.92 Å².